The summed E-state index contributed by atoms with van der Waals surface area (Å²) in [5, 5.41) is 2.96. The summed E-state index contributed by atoms with van der Waals surface area (Å²) in [5.41, 5.74) is 3.44. The van der Waals surface area contributed by atoms with Crippen LogP contribution in [0.3, 0.4) is 0 Å². The molecule has 0 aliphatic carbocycles. The molecule has 0 radical (unpaired) electrons. The molecule has 0 aliphatic rings. The molecule has 0 N–H and O–H groups in total. The molecule has 27 heavy (non-hydrogen) atoms. The van der Waals surface area contributed by atoms with Crippen LogP contribution in [0.25, 0.3) is 33.8 Å². The van der Waals surface area contributed by atoms with Gasteiger partial charge in [0.15, 0.2) is 0 Å². The number of aryl methyl sites for hydroxylation is 1. The molecule has 3 aromatic carbocycles. The van der Waals surface area contributed by atoms with Crippen LogP contribution >= 0.6 is 0 Å². The quantitative estimate of drug-likeness (QED) is 0.313. The van der Waals surface area contributed by atoms with E-state index in [0.29, 0.717) is 0 Å². The van der Waals surface area contributed by atoms with Crippen molar-refractivity contribution in [1.82, 2.24) is 4.57 Å². The number of unbranched alkanes of at least 4 members (excludes halogenated alkanes) is 1. The van der Waals surface area contributed by atoms with E-state index in [9.17, 15) is 4.79 Å². The van der Waals surface area contributed by atoms with E-state index in [1.54, 1.807) is 0 Å². The Labute approximate surface area is 159 Å². The molecule has 4 aromatic rings. The van der Waals surface area contributed by atoms with Crippen LogP contribution < -0.4 is 5.56 Å². The Balaban J connectivity index is 1.89. The summed E-state index contributed by atoms with van der Waals surface area (Å²) in [6.07, 6.45) is 6.32. The van der Waals surface area contributed by atoms with Crippen LogP contribution in [0.15, 0.2) is 77.6 Å². The molecule has 1 aromatic heterocycles. The van der Waals surface area contributed by atoms with Crippen LogP contribution in [-0.4, -0.2) is 4.57 Å². The Morgan fingerprint density at radius 2 is 1.48 bits per heavy atom. The Bertz CT molecular complexity index is 1170. The fraction of sp³-hybridized carbons (Fsp3) is 0.160. The number of hydrogen-bond acceptors (Lipinski definition) is 1. The maximum Gasteiger partial charge on any atom is 0.258 e. The van der Waals surface area contributed by atoms with E-state index in [0.717, 1.165) is 46.6 Å². The van der Waals surface area contributed by atoms with Crippen molar-refractivity contribution in [3.8, 4) is 0 Å². The van der Waals surface area contributed by atoms with E-state index in [-0.39, 0.29) is 5.56 Å². The molecule has 4 rings (SSSR count). The minimum Gasteiger partial charge on any atom is -0.308 e. The maximum absolute atomic E-state index is 13.0. The maximum atomic E-state index is 13.0. The van der Waals surface area contributed by atoms with Crippen LogP contribution in [0.1, 0.15) is 30.9 Å². The number of hydrogen-bond donors (Lipinski definition) is 0. The molecule has 0 aliphatic heterocycles. The molecule has 0 atom stereocenters. The van der Waals surface area contributed by atoms with Gasteiger partial charge in [-0.1, -0.05) is 80.1 Å². The van der Waals surface area contributed by atoms with Gasteiger partial charge in [-0.2, -0.15) is 0 Å². The van der Waals surface area contributed by atoms with E-state index in [1.807, 2.05) is 47.0 Å². The first kappa shape index (κ1) is 17.3. The largest absolute Gasteiger partial charge is 0.308 e. The molecule has 0 spiro atoms. The third-order valence-electron chi connectivity index (χ3n) is 5.01. The van der Waals surface area contributed by atoms with E-state index < -0.39 is 0 Å². The lowest BCUT2D eigenvalue weighted by molar-refractivity contribution is 0.635. The Morgan fingerprint density at radius 3 is 2.26 bits per heavy atom. The number of fused-ring (bicyclic) bond motifs is 3. The summed E-state index contributed by atoms with van der Waals surface area (Å²) in [7, 11) is 0. The summed E-state index contributed by atoms with van der Waals surface area (Å²) >= 11 is 0. The minimum absolute atomic E-state index is 0.110. The van der Waals surface area contributed by atoms with Crippen molar-refractivity contribution < 1.29 is 0 Å². The third-order valence-corrected chi connectivity index (χ3v) is 5.01. The second kappa shape index (κ2) is 7.63. The minimum atomic E-state index is 0.110. The predicted octanol–water partition coefficient (Wildman–Crippen LogP) is 6.13. The van der Waals surface area contributed by atoms with Gasteiger partial charge >= 0.3 is 0 Å². The zero-order valence-electron chi connectivity index (χ0n) is 15.6. The standard InChI is InChI=1S/C25H23NO/c1-2-3-17-26-24-16-15-20(14-13-19-9-5-4-6-10-19)18-23(24)21-11-7-8-12-22(21)25(26)27/h4-16,18H,2-3,17H2,1H3/b14-13+. The van der Waals surface area contributed by atoms with Gasteiger partial charge in [0.05, 0.1) is 5.52 Å². The summed E-state index contributed by atoms with van der Waals surface area (Å²) in [4.78, 5) is 13.0. The first-order chi connectivity index (χ1) is 13.3. The monoisotopic (exact) mass is 353 g/mol. The molecular formula is C25H23NO. The van der Waals surface area contributed by atoms with E-state index in [1.165, 1.54) is 5.56 Å². The van der Waals surface area contributed by atoms with Crippen LogP contribution in [-0.2, 0) is 6.54 Å². The lowest BCUT2D eigenvalue weighted by atomic mass is 10.0. The fourth-order valence-corrected chi connectivity index (χ4v) is 3.56. The van der Waals surface area contributed by atoms with Gasteiger partial charge in [0.25, 0.3) is 5.56 Å². The predicted molar refractivity (Wildman–Crippen MR) is 116 cm³/mol. The zero-order chi connectivity index (χ0) is 18.6. The number of rotatable bonds is 5. The van der Waals surface area contributed by atoms with Gasteiger partial charge in [0.1, 0.15) is 0 Å². The first-order valence-corrected chi connectivity index (χ1v) is 9.56. The van der Waals surface area contributed by atoms with Crippen molar-refractivity contribution in [1.29, 1.82) is 0 Å². The molecular weight excluding hydrogens is 330 g/mol. The number of aromatic nitrogens is 1. The van der Waals surface area contributed by atoms with Crippen molar-refractivity contribution in [3.05, 3.63) is 94.3 Å². The summed E-state index contributed by atoms with van der Waals surface area (Å²) in [5.74, 6) is 0. The molecule has 0 amide bonds. The number of nitrogens with zero attached hydrogens (tertiary/aromatic N) is 1. The summed E-state index contributed by atoms with van der Waals surface area (Å²) in [6.45, 7) is 2.91. The van der Waals surface area contributed by atoms with Crippen molar-refractivity contribution in [2.45, 2.75) is 26.3 Å². The molecule has 0 fully saturated rings. The highest BCUT2D eigenvalue weighted by atomic mass is 16.1. The molecule has 2 heteroatoms. The van der Waals surface area contributed by atoms with Crippen LogP contribution in [0.2, 0.25) is 0 Å². The number of benzene rings is 3. The van der Waals surface area contributed by atoms with E-state index in [4.69, 9.17) is 0 Å². The Morgan fingerprint density at radius 1 is 0.778 bits per heavy atom. The van der Waals surface area contributed by atoms with E-state index >= 15 is 0 Å². The zero-order valence-corrected chi connectivity index (χ0v) is 15.6. The molecule has 0 bridgehead atoms. The molecule has 0 unspecified atom stereocenters. The summed E-state index contributed by atoms with van der Waals surface area (Å²) < 4.78 is 1.94. The van der Waals surface area contributed by atoms with Gasteiger partial charge in [0.2, 0.25) is 0 Å². The van der Waals surface area contributed by atoms with Crippen LogP contribution in [0.4, 0.5) is 0 Å². The van der Waals surface area contributed by atoms with Crippen LogP contribution in [0.5, 0.6) is 0 Å². The highest BCUT2D eigenvalue weighted by Gasteiger charge is 2.10. The topological polar surface area (TPSA) is 22.0 Å². The average molecular weight is 353 g/mol. The van der Waals surface area contributed by atoms with Gasteiger partial charge < -0.3 is 4.57 Å². The fourth-order valence-electron chi connectivity index (χ4n) is 3.56. The van der Waals surface area contributed by atoms with Crippen molar-refractivity contribution in [3.63, 3.8) is 0 Å². The normalized spacial score (nSPS) is 11.6. The lowest BCUT2D eigenvalue weighted by Gasteiger charge is -2.13. The smallest absolute Gasteiger partial charge is 0.258 e. The highest BCUT2D eigenvalue weighted by Crippen LogP contribution is 2.25. The second-order valence-corrected chi connectivity index (χ2v) is 6.88. The number of pyridine rings is 1. The molecule has 0 saturated heterocycles. The molecule has 1 heterocycles. The Kier molecular flexibility index (Phi) is 4.88. The van der Waals surface area contributed by atoms with Crippen LogP contribution in [0, 0.1) is 0 Å². The first-order valence-electron chi connectivity index (χ1n) is 9.56. The van der Waals surface area contributed by atoms with Gasteiger partial charge in [-0.25, -0.2) is 0 Å². The molecule has 0 saturated carbocycles. The molecule has 2 nitrogen and oxygen atoms in total. The summed E-state index contributed by atoms with van der Waals surface area (Å²) in [6, 6.07) is 24.6. The van der Waals surface area contributed by atoms with Gasteiger partial charge in [-0.05, 0) is 41.1 Å². The van der Waals surface area contributed by atoms with Gasteiger partial charge in [-0.15, -0.1) is 0 Å². The molecule has 134 valence electrons. The van der Waals surface area contributed by atoms with Crippen molar-refractivity contribution in [2.75, 3.05) is 0 Å². The Hall–Kier alpha value is -3.13. The van der Waals surface area contributed by atoms with Crippen molar-refractivity contribution >= 4 is 33.8 Å². The highest BCUT2D eigenvalue weighted by molar-refractivity contribution is 6.06. The van der Waals surface area contributed by atoms with E-state index in [2.05, 4.69) is 49.4 Å². The third kappa shape index (κ3) is 3.43. The lowest BCUT2D eigenvalue weighted by Crippen LogP contribution is -2.21. The average Bonchev–Trinajstić information content (AvgIpc) is 2.73. The van der Waals surface area contributed by atoms with Crippen molar-refractivity contribution in [2.24, 2.45) is 0 Å². The van der Waals surface area contributed by atoms with Gasteiger partial charge in [0, 0.05) is 17.3 Å². The van der Waals surface area contributed by atoms with Gasteiger partial charge in [-0.3, -0.25) is 4.79 Å². The SMILES string of the molecule is CCCCn1c(=O)c2ccccc2c2cc(/C=C/c3ccccc3)ccc21. The second-order valence-electron chi connectivity index (χ2n) is 6.88.